The van der Waals surface area contributed by atoms with Crippen molar-refractivity contribution in [1.29, 1.82) is 0 Å². The average molecular weight is 459 g/mol. The quantitative estimate of drug-likeness (QED) is 0.467. The second kappa shape index (κ2) is 10.2. The number of nitrogens with one attached hydrogen (secondary N) is 1. The molecule has 2 aromatic carbocycles. The molecule has 0 atom stereocenters. The smallest absolute Gasteiger partial charge is 0.258 e. The SMILES string of the molecule is CCOCCCn1c(NC(=O)c2cccc(S(=O)(=O)N(C)C(C)C)c2)nc2ccccc21. The molecule has 32 heavy (non-hydrogen) atoms. The van der Waals surface area contributed by atoms with E-state index in [2.05, 4.69) is 10.3 Å². The zero-order valence-corrected chi connectivity index (χ0v) is 19.7. The van der Waals surface area contributed by atoms with Crippen molar-refractivity contribution >= 4 is 32.9 Å². The van der Waals surface area contributed by atoms with Gasteiger partial charge in [0.25, 0.3) is 5.91 Å². The summed E-state index contributed by atoms with van der Waals surface area (Å²) in [6.07, 6.45) is 0.770. The Labute approximate surface area is 189 Å². The van der Waals surface area contributed by atoms with Crippen LogP contribution in [-0.2, 0) is 21.3 Å². The number of fused-ring (bicyclic) bond motifs is 1. The van der Waals surface area contributed by atoms with Crippen molar-refractivity contribution in [3.8, 4) is 0 Å². The van der Waals surface area contributed by atoms with Crippen molar-refractivity contribution in [2.45, 2.75) is 44.7 Å². The highest BCUT2D eigenvalue weighted by molar-refractivity contribution is 7.89. The molecule has 3 rings (SSSR count). The van der Waals surface area contributed by atoms with Crippen LogP contribution in [0.25, 0.3) is 11.0 Å². The summed E-state index contributed by atoms with van der Waals surface area (Å²) in [6.45, 7) is 7.43. The first-order valence-electron chi connectivity index (χ1n) is 10.7. The van der Waals surface area contributed by atoms with E-state index < -0.39 is 15.9 Å². The number of anilines is 1. The maximum absolute atomic E-state index is 13.0. The topological polar surface area (TPSA) is 93.5 Å². The molecule has 8 nitrogen and oxygen atoms in total. The second-order valence-electron chi connectivity index (χ2n) is 7.72. The van der Waals surface area contributed by atoms with E-state index in [4.69, 9.17) is 4.74 Å². The summed E-state index contributed by atoms with van der Waals surface area (Å²) in [4.78, 5) is 17.6. The minimum absolute atomic E-state index is 0.0755. The van der Waals surface area contributed by atoms with Crippen LogP contribution < -0.4 is 5.32 Å². The van der Waals surface area contributed by atoms with Crippen molar-refractivity contribution in [3.63, 3.8) is 0 Å². The van der Waals surface area contributed by atoms with Gasteiger partial charge in [-0.25, -0.2) is 13.4 Å². The fourth-order valence-electron chi connectivity index (χ4n) is 3.28. The number of benzene rings is 2. The molecule has 0 aliphatic heterocycles. The molecule has 0 spiro atoms. The average Bonchev–Trinajstić information content (AvgIpc) is 3.13. The van der Waals surface area contributed by atoms with E-state index in [9.17, 15) is 13.2 Å². The van der Waals surface area contributed by atoms with Crippen LogP contribution in [0.4, 0.5) is 5.95 Å². The summed E-state index contributed by atoms with van der Waals surface area (Å²) in [7, 11) is -2.17. The van der Waals surface area contributed by atoms with E-state index >= 15 is 0 Å². The molecule has 3 aromatic rings. The van der Waals surface area contributed by atoms with Gasteiger partial charge in [-0.1, -0.05) is 18.2 Å². The van der Waals surface area contributed by atoms with Crippen LogP contribution in [0.15, 0.2) is 53.4 Å². The molecule has 1 aromatic heterocycles. The van der Waals surface area contributed by atoms with Gasteiger partial charge in [0, 0.05) is 38.4 Å². The number of hydrogen-bond acceptors (Lipinski definition) is 5. The number of imidazole rings is 1. The Bertz CT molecular complexity index is 1190. The van der Waals surface area contributed by atoms with Crippen LogP contribution >= 0.6 is 0 Å². The number of hydrogen-bond donors (Lipinski definition) is 1. The zero-order chi connectivity index (χ0) is 23.3. The Morgan fingerprint density at radius 3 is 2.66 bits per heavy atom. The van der Waals surface area contributed by atoms with E-state index in [-0.39, 0.29) is 16.5 Å². The summed E-state index contributed by atoms with van der Waals surface area (Å²) in [6, 6.07) is 13.5. The number of carbonyl (C=O) groups excluding carboxylic acids is 1. The molecule has 172 valence electrons. The predicted octanol–water partition coefficient (Wildman–Crippen LogP) is 3.74. The van der Waals surface area contributed by atoms with Gasteiger partial charge in [0.05, 0.1) is 15.9 Å². The van der Waals surface area contributed by atoms with Gasteiger partial charge in [0.1, 0.15) is 0 Å². The molecule has 0 saturated carbocycles. The molecule has 0 aliphatic rings. The molecular weight excluding hydrogens is 428 g/mol. The fraction of sp³-hybridized carbons (Fsp3) is 0.391. The van der Waals surface area contributed by atoms with Crippen molar-refractivity contribution in [1.82, 2.24) is 13.9 Å². The highest BCUT2D eigenvalue weighted by Gasteiger charge is 2.24. The Morgan fingerprint density at radius 2 is 1.94 bits per heavy atom. The summed E-state index contributed by atoms with van der Waals surface area (Å²) < 4.78 is 34.3. The van der Waals surface area contributed by atoms with Crippen LogP contribution in [-0.4, -0.2) is 54.5 Å². The molecular formula is C23H30N4O4S. The molecule has 1 amide bonds. The van der Waals surface area contributed by atoms with Crippen LogP contribution in [0.2, 0.25) is 0 Å². The highest BCUT2D eigenvalue weighted by Crippen LogP contribution is 2.22. The summed E-state index contributed by atoms with van der Waals surface area (Å²) >= 11 is 0. The number of aryl methyl sites for hydroxylation is 1. The molecule has 1 heterocycles. The molecule has 0 aliphatic carbocycles. The Balaban J connectivity index is 1.87. The maximum atomic E-state index is 13.0. The van der Waals surface area contributed by atoms with Crippen molar-refractivity contribution in [2.75, 3.05) is 25.6 Å². The number of nitrogens with zero attached hydrogens (tertiary/aromatic N) is 3. The third-order valence-electron chi connectivity index (χ3n) is 5.25. The molecule has 0 saturated heterocycles. The van der Waals surface area contributed by atoms with Gasteiger partial charge in [-0.05, 0) is 57.5 Å². The second-order valence-corrected chi connectivity index (χ2v) is 9.72. The lowest BCUT2D eigenvalue weighted by atomic mass is 10.2. The van der Waals surface area contributed by atoms with Crippen LogP contribution in [0.3, 0.4) is 0 Å². The molecule has 0 fully saturated rings. The summed E-state index contributed by atoms with van der Waals surface area (Å²) in [5.74, 6) is -0.00382. The number of amides is 1. The molecule has 0 radical (unpaired) electrons. The van der Waals surface area contributed by atoms with Crippen LogP contribution in [0.1, 0.15) is 37.6 Å². The summed E-state index contributed by atoms with van der Waals surface area (Å²) in [5, 5.41) is 2.85. The van der Waals surface area contributed by atoms with Gasteiger partial charge in [-0.15, -0.1) is 0 Å². The zero-order valence-electron chi connectivity index (χ0n) is 18.9. The van der Waals surface area contributed by atoms with Crippen molar-refractivity contribution < 1.29 is 17.9 Å². The maximum Gasteiger partial charge on any atom is 0.258 e. The minimum Gasteiger partial charge on any atom is -0.382 e. The van der Waals surface area contributed by atoms with Gasteiger partial charge in [0.15, 0.2) is 0 Å². The lowest BCUT2D eigenvalue weighted by Gasteiger charge is -2.21. The largest absolute Gasteiger partial charge is 0.382 e. The van der Waals surface area contributed by atoms with Crippen molar-refractivity contribution in [3.05, 3.63) is 54.1 Å². The fourth-order valence-corrected chi connectivity index (χ4v) is 4.70. The lowest BCUT2D eigenvalue weighted by molar-refractivity contribution is 0.102. The van der Waals surface area contributed by atoms with Gasteiger partial charge < -0.3 is 9.30 Å². The van der Waals surface area contributed by atoms with Gasteiger partial charge in [0.2, 0.25) is 16.0 Å². The minimum atomic E-state index is -3.69. The first kappa shape index (κ1) is 23.9. The monoisotopic (exact) mass is 458 g/mol. The number of aromatic nitrogens is 2. The molecule has 0 bridgehead atoms. The Kier molecular flexibility index (Phi) is 7.65. The number of carbonyl (C=O) groups is 1. The first-order valence-corrected chi connectivity index (χ1v) is 12.1. The first-order chi connectivity index (χ1) is 15.3. The number of ether oxygens (including phenoxy) is 1. The van der Waals surface area contributed by atoms with Crippen molar-refractivity contribution in [2.24, 2.45) is 0 Å². The molecule has 1 N–H and O–H groups in total. The van der Waals surface area contributed by atoms with E-state index in [0.29, 0.717) is 25.7 Å². The van der Waals surface area contributed by atoms with E-state index in [1.807, 2.05) is 35.8 Å². The normalized spacial score (nSPS) is 12.1. The van der Waals surface area contributed by atoms with Gasteiger partial charge in [-0.3, -0.25) is 10.1 Å². The van der Waals surface area contributed by atoms with E-state index in [1.54, 1.807) is 26.0 Å². The van der Waals surface area contributed by atoms with Crippen LogP contribution in [0.5, 0.6) is 0 Å². The van der Waals surface area contributed by atoms with Crippen LogP contribution in [0, 0.1) is 0 Å². The third-order valence-corrected chi connectivity index (χ3v) is 7.28. The summed E-state index contributed by atoms with van der Waals surface area (Å²) in [5.41, 5.74) is 1.93. The molecule has 0 unspecified atom stereocenters. The number of sulfonamides is 1. The Morgan fingerprint density at radius 1 is 1.19 bits per heavy atom. The van der Waals surface area contributed by atoms with E-state index in [0.717, 1.165) is 17.5 Å². The molecule has 9 heteroatoms. The lowest BCUT2D eigenvalue weighted by Crippen LogP contribution is -2.33. The standard InChI is InChI=1S/C23H30N4O4S/c1-5-31-15-9-14-27-21-13-7-6-12-20(21)24-23(27)25-22(28)18-10-8-11-19(16-18)32(29,30)26(4)17(2)3/h6-8,10-13,16-17H,5,9,14-15H2,1-4H3,(H,24,25,28). The predicted molar refractivity (Wildman–Crippen MR) is 125 cm³/mol. The number of para-hydroxylation sites is 2. The Hall–Kier alpha value is -2.75. The third kappa shape index (κ3) is 5.17. The number of rotatable bonds is 10. The van der Waals surface area contributed by atoms with Gasteiger partial charge in [-0.2, -0.15) is 4.31 Å². The van der Waals surface area contributed by atoms with Gasteiger partial charge >= 0.3 is 0 Å². The highest BCUT2D eigenvalue weighted by atomic mass is 32.2. The van der Waals surface area contributed by atoms with E-state index in [1.165, 1.54) is 23.5 Å².